The van der Waals surface area contributed by atoms with E-state index in [0.29, 0.717) is 30.0 Å². The Morgan fingerprint density at radius 3 is 2.75 bits per heavy atom. The minimum absolute atomic E-state index is 0.0557. The molecule has 1 fully saturated rings. The number of halogens is 1. The molecule has 5 heteroatoms. The van der Waals surface area contributed by atoms with Gasteiger partial charge in [0, 0.05) is 35.8 Å². The lowest BCUT2D eigenvalue weighted by molar-refractivity contribution is -0.117. The molecule has 1 N–H and O–H groups in total. The van der Waals surface area contributed by atoms with Crippen molar-refractivity contribution >= 4 is 34.8 Å². The maximum atomic E-state index is 12.1. The molecule has 0 spiro atoms. The van der Waals surface area contributed by atoms with Crippen LogP contribution in [0.3, 0.4) is 0 Å². The van der Waals surface area contributed by atoms with Crippen LogP contribution in [0, 0.1) is 0 Å². The van der Waals surface area contributed by atoms with E-state index in [1.54, 1.807) is 4.90 Å². The molecule has 0 bridgehead atoms. The second-order valence-electron chi connectivity index (χ2n) is 5.88. The van der Waals surface area contributed by atoms with Gasteiger partial charge in [-0.15, -0.1) is 0 Å². The van der Waals surface area contributed by atoms with Gasteiger partial charge in [0.1, 0.15) is 0 Å². The highest BCUT2D eigenvalue weighted by Crippen LogP contribution is 2.24. The summed E-state index contributed by atoms with van der Waals surface area (Å²) in [5, 5.41) is 3.57. The third-order valence-electron chi connectivity index (χ3n) is 4.04. The molecule has 0 aliphatic carbocycles. The van der Waals surface area contributed by atoms with Gasteiger partial charge in [0.15, 0.2) is 0 Å². The molecule has 1 aliphatic heterocycles. The third-order valence-corrected chi connectivity index (χ3v) is 4.28. The first-order chi connectivity index (χ1) is 11.6. The van der Waals surface area contributed by atoms with Crippen molar-refractivity contribution in [2.45, 2.75) is 25.7 Å². The minimum atomic E-state index is -0.0557. The third kappa shape index (κ3) is 4.15. The number of amides is 2. The molecule has 2 aromatic rings. The summed E-state index contributed by atoms with van der Waals surface area (Å²) in [6.45, 7) is 0.741. The summed E-state index contributed by atoms with van der Waals surface area (Å²) < 4.78 is 0. The van der Waals surface area contributed by atoms with Crippen LogP contribution in [-0.2, 0) is 16.0 Å². The van der Waals surface area contributed by atoms with E-state index in [2.05, 4.69) is 5.32 Å². The van der Waals surface area contributed by atoms with Crippen molar-refractivity contribution in [3.8, 4) is 0 Å². The molecule has 1 heterocycles. The molecule has 0 aromatic heterocycles. The van der Waals surface area contributed by atoms with Gasteiger partial charge in [0.25, 0.3) is 0 Å². The van der Waals surface area contributed by atoms with Crippen LogP contribution in [0.15, 0.2) is 48.5 Å². The van der Waals surface area contributed by atoms with E-state index < -0.39 is 0 Å². The maximum Gasteiger partial charge on any atom is 0.227 e. The topological polar surface area (TPSA) is 49.4 Å². The van der Waals surface area contributed by atoms with Crippen molar-refractivity contribution in [2.75, 3.05) is 16.8 Å². The highest BCUT2D eigenvalue weighted by atomic mass is 35.5. The van der Waals surface area contributed by atoms with Crippen molar-refractivity contribution < 1.29 is 9.59 Å². The monoisotopic (exact) mass is 342 g/mol. The molecule has 4 nitrogen and oxygen atoms in total. The first-order valence-corrected chi connectivity index (χ1v) is 8.44. The zero-order chi connectivity index (χ0) is 16.9. The Morgan fingerprint density at radius 1 is 1.17 bits per heavy atom. The van der Waals surface area contributed by atoms with Crippen molar-refractivity contribution in [1.82, 2.24) is 0 Å². The average Bonchev–Trinajstić information content (AvgIpc) is 2.99. The number of rotatable bonds is 5. The van der Waals surface area contributed by atoms with Crippen LogP contribution in [-0.4, -0.2) is 18.4 Å². The summed E-state index contributed by atoms with van der Waals surface area (Å²) in [7, 11) is 0. The number of hydrogen-bond acceptors (Lipinski definition) is 2. The van der Waals surface area contributed by atoms with Gasteiger partial charge in [0.2, 0.25) is 11.8 Å². The number of nitrogens with one attached hydrogen (secondary N) is 1. The molecular formula is C19H19ClN2O2. The molecule has 3 rings (SSSR count). The van der Waals surface area contributed by atoms with E-state index >= 15 is 0 Å². The number of nitrogens with zero attached hydrogens (tertiary/aromatic N) is 1. The first-order valence-electron chi connectivity index (χ1n) is 8.06. The summed E-state index contributed by atoms with van der Waals surface area (Å²) in [4.78, 5) is 25.7. The molecule has 1 aliphatic rings. The lowest BCUT2D eigenvalue weighted by Crippen LogP contribution is -2.23. The van der Waals surface area contributed by atoms with Gasteiger partial charge >= 0.3 is 0 Å². The summed E-state index contributed by atoms with van der Waals surface area (Å²) in [5.41, 5.74) is 2.59. The predicted molar refractivity (Wildman–Crippen MR) is 96.4 cm³/mol. The van der Waals surface area contributed by atoms with E-state index in [9.17, 15) is 9.59 Å². The SMILES string of the molecule is O=C(CCc1cccc(Cl)c1)Nc1cccc(N2CCCC2=O)c1. The highest BCUT2D eigenvalue weighted by Gasteiger charge is 2.21. The molecule has 0 saturated carbocycles. The average molecular weight is 343 g/mol. The van der Waals surface area contributed by atoms with E-state index in [1.165, 1.54) is 0 Å². The van der Waals surface area contributed by atoms with Crippen LogP contribution < -0.4 is 10.2 Å². The largest absolute Gasteiger partial charge is 0.326 e. The van der Waals surface area contributed by atoms with Gasteiger partial charge < -0.3 is 10.2 Å². The quantitative estimate of drug-likeness (QED) is 0.891. The smallest absolute Gasteiger partial charge is 0.227 e. The zero-order valence-electron chi connectivity index (χ0n) is 13.3. The van der Waals surface area contributed by atoms with Crippen molar-refractivity contribution in [3.63, 3.8) is 0 Å². The Kier molecular flexibility index (Phi) is 5.16. The fraction of sp³-hybridized carbons (Fsp3) is 0.263. The molecular weight excluding hydrogens is 324 g/mol. The van der Waals surface area contributed by atoms with Crippen LogP contribution in [0.1, 0.15) is 24.8 Å². The summed E-state index contributed by atoms with van der Waals surface area (Å²) >= 11 is 5.95. The maximum absolute atomic E-state index is 12.1. The Labute approximate surface area is 146 Å². The number of benzene rings is 2. The van der Waals surface area contributed by atoms with Gasteiger partial charge in [0.05, 0.1) is 0 Å². The van der Waals surface area contributed by atoms with Crippen molar-refractivity contribution in [1.29, 1.82) is 0 Å². The number of anilines is 2. The van der Waals surface area contributed by atoms with Crippen LogP contribution in [0.4, 0.5) is 11.4 Å². The van der Waals surface area contributed by atoms with E-state index in [1.807, 2.05) is 48.5 Å². The van der Waals surface area contributed by atoms with Crippen LogP contribution in [0.5, 0.6) is 0 Å². The predicted octanol–water partition coefficient (Wildman–Crippen LogP) is 4.04. The van der Waals surface area contributed by atoms with Crippen molar-refractivity contribution in [2.24, 2.45) is 0 Å². The summed E-state index contributed by atoms with van der Waals surface area (Å²) in [6, 6.07) is 15.0. The molecule has 24 heavy (non-hydrogen) atoms. The lowest BCUT2D eigenvalue weighted by atomic mass is 10.1. The first kappa shape index (κ1) is 16.5. The van der Waals surface area contributed by atoms with Gasteiger partial charge in [-0.2, -0.15) is 0 Å². The molecule has 2 aromatic carbocycles. The van der Waals surface area contributed by atoms with Crippen molar-refractivity contribution in [3.05, 3.63) is 59.1 Å². The Bertz CT molecular complexity index is 761. The summed E-state index contributed by atoms with van der Waals surface area (Å²) in [5.74, 6) is 0.0827. The zero-order valence-corrected chi connectivity index (χ0v) is 14.1. The number of carbonyl (C=O) groups excluding carboxylic acids is 2. The van der Waals surface area contributed by atoms with Gasteiger partial charge in [-0.25, -0.2) is 0 Å². The molecule has 0 unspecified atom stereocenters. The van der Waals surface area contributed by atoms with E-state index in [0.717, 1.165) is 24.2 Å². The molecule has 124 valence electrons. The minimum Gasteiger partial charge on any atom is -0.326 e. The van der Waals surface area contributed by atoms with E-state index in [-0.39, 0.29) is 11.8 Å². The van der Waals surface area contributed by atoms with E-state index in [4.69, 9.17) is 11.6 Å². The number of aryl methyl sites for hydroxylation is 1. The second-order valence-corrected chi connectivity index (χ2v) is 6.31. The lowest BCUT2D eigenvalue weighted by Gasteiger charge is -2.16. The Morgan fingerprint density at radius 2 is 2.00 bits per heavy atom. The second kappa shape index (κ2) is 7.49. The standard InChI is InChI=1S/C19H19ClN2O2/c20-15-5-1-4-14(12-15)9-10-18(23)21-16-6-2-7-17(13-16)22-11-3-8-19(22)24/h1-2,4-7,12-13H,3,8-11H2,(H,21,23). The number of hydrogen-bond donors (Lipinski definition) is 1. The Hall–Kier alpha value is -2.33. The van der Waals surface area contributed by atoms with Gasteiger partial charge in [-0.05, 0) is 48.7 Å². The fourth-order valence-corrected chi connectivity index (χ4v) is 3.06. The Balaban J connectivity index is 1.59. The molecule has 0 radical (unpaired) electrons. The van der Waals surface area contributed by atoms with Gasteiger partial charge in [-0.1, -0.05) is 29.8 Å². The fourth-order valence-electron chi connectivity index (χ4n) is 2.85. The van der Waals surface area contributed by atoms with Gasteiger partial charge in [-0.3, -0.25) is 9.59 Å². The highest BCUT2D eigenvalue weighted by molar-refractivity contribution is 6.30. The van der Waals surface area contributed by atoms with Crippen LogP contribution >= 0.6 is 11.6 Å². The van der Waals surface area contributed by atoms with Crippen LogP contribution in [0.25, 0.3) is 0 Å². The molecule has 2 amide bonds. The summed E-state index contributed by atoms with van der Waals surface area (Å²) in [6.07, 6.45) is 2.50. The molecule has 1 saturated heterocycles. The molecule has 0 atom stereocenters. The normalized spacial score (nSPS) is 14.0. The number of carbonyl (C=O) groups is 2. The van der Waals surface area contributed by atoms with Crippen LogP contribution in [0.2, 0.25) is 5.02 Å².